The summed E-state index contributed by atoms with van der Waals surface area (Å²) in [7, 11) is 0. The lowest BCUT2D eigenvalue weighted by molar-refractivity contribution is -0.210. The van der Waals surface area contributed by atoms with Crippen LogP contribution in [0.4, 0.5) is 13.2 Å². The molecule has 0 aliphatic rings. The molecule has 1 aromatic carbocycles. The van der Waals surface area contributed by atoms with Crippen molar-refractivity contribution < 1.29 is 18.3 Å². The van der Waals surface area contributed by atoms with Crippen molar-refractivity contribution in [2.45, 2.75) is 18.3 Å². The Morgan fingerprint density at radius 2 is 1.62 bits per heavy atom. The Labute approximate surface area is 105 Å². The van der Waals surface area contributed by atoms with Gasteiger partial charge in [0.15, 0.2) is 6.10 Å². The molecule has 0 heterocycles. The standard InChI is InChI=1S/C9H9BrF3NO.ClH/c10-6-3-1-5(2-4-6)7(14)8(15)9(11,12)13;/h1-4,7-8,15H,14H2;1H/t7-,8-;/m0./s1. The zero-order chi connectivity index (χ0) is 11.6. The molecule has 0 saturated heterocycles. The summed E-state index contributed by atoms with van der Waals surface area (Å²) in [6, 6.07) is 4.54. The maximum Gasteiger partial charge on any atom is 0.416 e. The van der Waals surface area contributed by atoms with Crippen molar-refractivity contribution >= 4 is 28.3 Å². The molecule has 16 heavy (non-hydrogen) atoms. The molecule has 0 aliphatic heterocycles. The number of nitrogens with two attached hydrogens (primary N) is 1. The minimum atomic E-state index is -4.70. The van der Waals surface area contributed by atoms with Crippen LogP contribution >= 0.6 is 28.3 Å². The number of hydrogen-bond donors (Lipinski definition) is 2. The van der Waals surface area contributed by atoms with Crippen LogP contribution in [0.3, 0.4) is 0 Å². The zero-order valence-electron chi connectivity index (χ0n) is 7.91. The smallest absolute Gasteiger partial charge is 0.382 e. The van der Waals surface area contributed by atoms with Crippen LogP contribution < -0.4 is 5.73 Å². The van der Waals surface area contributed by atoms with Crippen LogP contribution in [0.1, 0.15) is 11.6 Å². The molecule has 1 rings (SSSR count). The van der Waals surface area contributed by atoms with Crippen LogP contribution in [0.2, 0.25) is 0 Å². The van der Waals surface area contributed by atoms with E-state index < -0.39 is 18.3 Å². The lowest BCUT2D eigenvalue weighted by atomic mass is 10.0. The second kappa shape index (κ2) is 5.86. The van der Waals surface area contributed by atoms with E-state index >= 15 is 0 Å². The predicted molar refractivity (Wildman–Crippen MR) is 60.4 cm³/mol. The molecular formula is C9H10BrClF3NO. The van der Waals surface area contributed by atoms with Gasteiger partial charge in [0.05, 0.1) is 6.04 Å². The molecular weight excluding hydrogens is 310 g/mol. The van der Waals surface area contributed by atoms with Gasteiger partial charge >= 0.3 is 6.18 Å². The summed E-state index contributed by atoms with van der Waals surface area (Å²) in [6.07, 6.45) is -7.24. The van der Waals surface area contributed by atoms with Crippen LogP contribution in [0.25, 0.3) is 0 Å². The molecule has 3 N–H and O–H groups in total. The van der Waals surface area contributed by atoms with Crippen molar-refractivity contribution in [3.63, 3.8) is 0 Å². The van der Waals surface area contributed by atoms with Crippen LogP contribution in [0.5, 0.6) is 0 Å². The number of aliphatic hydroxyl groups is 1. The molecule has 0 amide bonds. The van der Waals surface area contributed by atoms with E-state index in [1.165, 1.54) is 12.1 Å². The van der Waals surface area contributed by atoms with Crippen LogP contribution in [-0.4, -0.2) is 17.4 Å². The molecule has 0 unspecified atom stereocenters. The number of halogens is 5. The summed E-state index contributed by atoms with van der Waals surface area (Å²) >= 11 is 3.15. The fourth-order valence-electron chi connectivity index (χ4n) is 1.07. The van der Waals surface area contributed by atoms with Crippen molar-refractivity contribution in [2.75, 3.05) is 0 Å². The highest BCUT2D eigenvalue weighted by molar-refractivity contribution is 9.10. The predicted octanol–water partition coefficient (Wildman–Crippen LogP) is 2.79. The number of aliphatic hydroxyl groups excluding tert-OH is 1. The summed E-state index contributed by atoms with van der Waals surface area (Å²) in [5.74, 6) is 0. The molecule has 7 heteroatoms. The minimum Gasteiger partial charge on any atom is -0.382 e. The molecule has 0 aromatic heterocycles. The van der Waals surface area contributed by atoms with Gasteiger partial charge in [0.2, 0.25) is 0 Å². The number of alkyl halides is 3. The highest BCUT2D eigenvalue weighted by Crippen LogP contribution is 2.28. The van der Waals surface area contributed by atoms with Crippen molar-refractivity contribution in [1.82, 2.24) is 0 Å². The molecule has 0 spiro atoms. The van der Waals surface area contributed by atoms with Gasteiger partial charge in [-0.15, -0.1) is 12.4 Å². The molecule has 92 valence electrons. The number of rotatable bonds is 2. The molecule has 0 fully saturated rings. The van der Waals surface area contributed by atoms with E-state index in [2.05, 4.69) is 15.9 Å². The first kappa shape index (κ1) is 15.7. The van der Waals surface area contributed by atoms with Crippen molar-refractivity contribution in [2.24, 2.45) is 5.73 Å². The number of hydrogen-bond acceptors (Lipinski definition) is 2. The lowest BCUT2D eigenvalue weighted by Crippen LogP contribution is -2.38. The third-order valence-corrected chi connectivity index (χ3v) is 2.46. The first-order valence-electron chi connectivity index (χ1n) is 4.08. The first-order valence-corrected chi connectivity index (χ1v) is 4.87. The summed E-state index contributed by atoms with van der Waals surface area (Å²) in [4.78, 5) is 0. The van der Waals surface area contributed by atoms with Crippen LogP contribution in [0.15, 0.2) is 28.7 Å². The Balaban J connectivity index is 0.00000225. The van der Waals surface area contributed by atoms with Gasteiger partial charge in [-0.1, -0.05) is 28.1 Å². The Kier molecular flexibility index (Phi) is 5.75. The summed E-state index contributed by atoms with van der Waals surface area (Å²) < 4.78 is 37.1. The highest BCUT2D eigenvalue weighted by Gasteiger charge is 2.42. The number of benzene rings is 1. The second-order valence-corrected chi connectivity index (χ2v) is 3.98. The van der Waals surface area contributed by atoms with Crippen LogP contribution in [-0.2, 0) is 0 Å². The fraction of sp³-hybridized carbons (Fsp3) is 0.333. The van der Waals surface area contributed by atoms with Gasteiger partial charge in [-0.2, -0.15) is 13.2 Å². The molecule has 0 aliphatic carbocycles. The maximum atomic E-state index is 12.1. The van der Waals surface area contributed by atoms with E-state index in [4.69, 9.17) is 10.8 Å². The lowest BCUT2D eigenvalue weighted by Gasteiger charge is -2.21. The highest BCUT2D eigenvalue weighted by atomic mass is 79.9. The van der Waals surface area contributed by atoms with Crippen molar-refractivity contribution in [1.29, 1.82) is 0 Å². The third kappa shape index (κ3) is 3.93. The normalized spacial score (nSPS) is 15.1. The van der Waals surface area contributed by atoms with Crippen LogP contribution in [0, 0.1) is 0 Å². The minimum absolute atomic E-state index is 0. The fourth-order valence-corrected chi connectivity index (χ4v) is 1.34. The molecule has 0 saturated carbocycles. The largest absolute Gasteiger partial charge is 0.416 e. The monoisotopic (exact) mass is 319 g/mol. The average Bonchev–Trinajstić information content (AvgIpc) is 2.15. The first-order chi connectivity index (χ1) is 6.82. The molecule has 0 bridgehead atoms. The van der Waals surface area contributed by atoms with E-state index in [1.807, 2.05) is 0 Å². The van der Waals surface area contributed by atoms with Gasteiger partial charge < -0.3 is 10.8 Å². The summed E-state index contributed by atoms with van der Waals surface area (Å²) in [5, 5.41) is 8.92. The van der Waals surface area contributed by atoms with Gasteiger partial charge in [0, 0.05) is 4.47 Å². The van der Waals surface area contributed by atoms with E-state index in [0.717, 1.165) is 4.47 Å². The summed E-state index contributed by atoms with van der Waals surface area (Å²) in [5.41, 5.74) is 5.53. The molecule has 2 atom stereocenters. The average molecular weight is 321 g/mol. The van der Waals surface area contributed by atoms with E-state index in [-0.39, 0.29) is 18.0 Å². The SMILES string of the molecule is Cl.N[C@@H](c1ccc(Br)cc1)[C@H](O)C(F)(F)F. The van der Waals surface area contributed by atoms with E-state index in [1.54, 1.807) is 12.1 Å². The van der Waals surface area contributed by atoms with Gasteiger partial charge in [-0.25, -0.2) is 0 Å². The topological polar surface area (TPSA) is 46.2 Å². The Morgan fingerprint density at radius 3 is 2.00 bits per heavy atom. The van der Waals surface area contributed by atoms with E-state index in [9.17, 15) is 13.2 Å². The Hall–Kier alpha value is -0.300. The zero-order valence-corrected chi connectivity index (χ0v) is 10.3. The van der Waals surface area contributed by atoms with Gasteiger partial charge in [0.25, 0.3) is 0 Å². The van der Waals surface area contributed by atoms with Crippen molar-refractivity contribution in [3.8, 4) is 0 Å². The third-order valence-electron chi connectivity index (χ3n) is 1.93. The Morgan fingerprint density at radius 1 is 1.19 bits per heavy atom. The summed E-state index contributed by atoms with van der Waals surface area (Å²) in [6.45, 7) is 0. The van der Waals surface area contributed by atoms with Gasteiger partial charge in [0.1, 0.15) is 0 Å². The van der Waals surface area contributed by atoms with Gasteiger partial charge in [-0.05, 0) is 17.7 Å². The molecule has 2 nitrogen and oxygen atoms in total. The van der Waals surface area contributed by atoms with Crippen molar-refractivity contribution in [3.05, 3.63) is 34.3 Å². The molecule has 1 aromatic rings. The van der Waals surface area contributed by atoms with Gasteiger partial charge in [-0.3, -0.25) is 0 Å². The van der Waals surface area contributed by atoms with E-state index in [0.29, 0.717) is 0 Å². The Bertz CT molecular complexity index is 331. The second-order valence-electron chi connectivity index (χ2n) is 3.06. The quantitative estimate of drug-likeness (QED) is 0.880. The maximum absolute atomic E-state index is 12.1. The molecule has 0 radical (unpaired) electrons.